The van der Waals surface area contributed by atoms with Gasteiger partial charge in [-0.25, -0.2) is 0 Å². The number of carbonyl (C=O) groups excluding carboxylic acids is 2. The number of benzene rings is 2. The van der Waals surface area contributed by atoms with E-state index in [-0.39, 0.29) is 11.8 Å². The highest BCUT2D eigenvalue weighted by Crippen LogP contribution is 2.23. The van der Waals surface area contributed by atoms with Crippen LogP contribution in [0.4, 0.5) is 0 Å². The number of carbonyl (C=O) groups is 2. The summed E-state index contributed by atoms with van der Waals surface area (Å²) < 4.78 is 1.77. The Labute approximate surface area is 177 Å². The topological polar surface area (TPSA) is 76.0 Å². The molecule has 0 radical (unpaired) electrons. The zero-order valence-corrected chi connectivity index (χ0v) is 17.7. The molecule has 0 fully saturated rings. The van der Waals surface area contributed by atoms with Crippen molar-refractivity contribution < 1.29 is 9.59 Å². The molecule has 0 saturated carbocycles. The third-order valence-corrected chi connectivity index (χ3v) is 4.81. The van der Waals surface area contributed by atoms with Gasteiger partial charge in [-0.1, -0.05) is 67.1 Å². The van der Waals surface area contributed by atoms with Crippen molar-refractivity contribution in [1.29, 1.82) is 0 Å². The normalized spacial score (nSPS) is 11.7. The van der Waals surface area contributed by atoms with Gasteiger partial charge in [0.05, 0.1) is 12.1 Å². The van der Waals surface area contributed by atoms with Gasteiger partial charge < -0.3 is 10.6 Å². The highest BCUT2D eigenvalue weighted by molar-refractivity contribution is 6.01. The van der Waals surface area contributed by atoms with Gasteiger partial charge in [0.25, 0.3) is 5.91 Å². The fraction of sp³-hybridized carbons (Fsp3) is 0.292. The van der Waals surface area contributed by atoms with Crippen LogP contribution in [0.2, 0.25) is 0 Å². The second kappa shape index (κ2) is 9.87. The summed E-state index contributed by atoms with van der Waals surface area (Å²) in [6, 6.07) is 17.2. The zero-order valence-electron chi connectivity index (χ0n) is 17.7. The van der Waals surface area contributed by atoms with Crippen LogP contribution >= 0.6 is 0 Å². The summed E-state index contributed by atoms with van der Waals surface area (Å²) in [6.07, 6.45) is 2.59. The number of hydrogen-bond donors (Lipinski definition) is 2. The van der Waals surface area contributed by atoms with E-state index in [1.165, 1.54) is 0 Å². The molecule has 1 heterocycles. The van der Waals surface area contributed by atoms with Gasteiger partial charge >= 0.3 is 0 Å². The minimum Gasteiger partial charge on any atom is -0.354 e. The molecule has 2 aromatic carbocycles. The Morgan fingerprint density at radius 1 is 1.07 bits per heavy atom. The maximum absolute atomic E-state index is 13.0. The van der Waals surface area contributed by atoms with Crippen molar-refractivity contribution in [2.75, 3.05) is 6.54 Å². The zero-order chi connectivity index (χ0) is 21.5. The predicted molar refractivity (Wildman–Crippen MR) is 118 cm³/mol. The van der Waals surface area contributed by atoms with Crippen LogP contribution in [0.15, 0.2) is 60.8 Å². The fourth-order valence-electron chi connectivity index (χ4n) is 3.10. The van der Waals surface area contributed by atoms with Gasteiger partial charge in [0, 0.05) is 18.3 Å². The Morgan fingerprint density at radius 2 is 1.77 bits per heavy atom. The summed E-state index contributed by atoms with van der Waals surface area (Å²) in [5.41, 5.74) is 4.14. The van der Waals surface area contributed by atoms with E-state index >= 15 is 0 Å². The molecule has 0 unspecified atom stereocenters. The molecule has 30 heavy (non-hydrogen) atoms. The van der Waals surface area contributed by atoms with E-state index in [4.69, 9.17) is 0 Å². The number of rotatable bonds is 8. The van der Waals surface area contributed by atoms with Crippen LogP contribution in [0.25, 0.3) is 11.3 Å². The lowest BCUT2D eigenvalue weighted by Crippen LogP contribution is -2.45. The Balaban J connectivity index is 1.87. The van der Waals surface area contributed by atoms with Gasteiger partial charge in [-0.05, 0) is 25.8 Å². The third kappa shape index (κ3) is 5.35. The van der Waals surface area contributed by atoms with Gasteiger partial charge in [0.2, 0.25) is 5.91 Å². The number of nitrogens with zero attached hydrogens (tertiary/aromatic N) is 2. The molecule has 6 nitrogen and oxygen atoms in total. The Bertz CT molecular complexity index is 994. The molecule has 1 atom stereocenters. The van der Waals surface area contributed by atoms with Gasteiger partial charge in [0.1, 0.15) is 11.7 Å². The molecule has 3 aromatic rings. The van der Waals surface area contributed by atoms with Crippen molar-refractivity contribution in [2.45, 2.75) is 39.8 Å². The molecule has 0 saturated heterocycles. The van der Waals surface area contributed by atoms with Crippen LogP contribution in [-0.4, -0.2) is 34.2 Å². The van der Waals surface area contributed by atoms with E-state index in [9.17, 15) is 9.59 Å². The van der Waals surface area contributed by atoms with Crippen LogP contribution in [0.1, 0.15) is 41.8 Å². The van der Waals surface area contributed by atoms with Crippen LogP contribution in [0.3, 0.4) is 0 Å². The lowest BCUT2D eigenvalue weighted by atomic mass is 10.1. The monoisotopic (exact) mass is 404 g/mol. The molecule has 0 aliphatic heterocycles. The summed E-state index contributed by atoms with van der Waals surface area (Å²) in [6.45, 7) is 6.82. The summed E-state index contributed by atoms with van der Waals surface area (Å²) in [5, 5.41) is 10.3. The average molecular weight is 405 g/mol. The van der Waals surface area contributed by atoms with Crippen molar-refractivity contribution in [1.82, 2.24) is 20.4 Å². The van der Waals surface area contributed by atoms with Crippen molar-refractivity contribution in [2.24, 2.45) is 0 Å². The molecule has 156 valence electrons. The lowest BCUT2D eigenvalue weighted by molar-refractivity contribution is -0.122. The Kier molecular flexibility index (Phi) is 7.01. The fourth-order valence-corrected chi connectivity index (χ4v) is 3.10. The molecule has 0 aliphatic rings. The van der Waals surface area contributed by atoms with Gasteiger partial charge in [0.15, 0.2) is 0 Å². The molecule has 3 rings (SSSR count). The van der Waals surface area contributed by atoms with Crippen LogP contribution < -0.4 is 10.6 Å². The summed E-state index contributed by atoms with van der Waals surface area (Å²) in [5.74, 6) is -0.511. The number of hydrogen-bond acceptors (Lipinski definition) is 3. The molecular weight excluding hydrogens is 376 g/mol. The van der Waals surface area contributed by atoms with E-state index in [0.29, 0.717) is 24.3 Å². The summed E-state index contributed by atoms with van der Waals surface area (Å²) >= 11 is 0. The molecule has 1 aromatic heterocycles. The smallest absolute Gasteiger partial charge is 0.255 e. The average Bonchev–Trinajstić information content (AvgIpc) is 3.17. The van der Waals surface area contributed by atoms with Gasteiger partial charge in [-0.2, -0.15) is 5.10 Å². The maximum Gasteiger partial charge on any atom is 0.255 e. The van der Waals surface area contributed by atoms with E-state index in [1.54, 1.807) is 17.8 Å². The summed E-state index contributed by atoms with van der Waals surface area (Å²) in [4.78, 5) is 25.2. The van der Waals surface area contributed by atoms with Crippen molar-refractivity contribution in [3.05, 3.63) is 77.5 Å². The van der Waals surface area contributed by atoms with Crippen molar-refractivity contribution in [3.63, 3.8) is 0 Å². The number of nitrogens with one attached hydrogen (secondary N) is 2. The Hall–Kier alpha value is -3.41. The Morgan fingerprint density at radius 3 is 2.43 bits per heavy atom. The molecule has 0 bridgehead atoms. The minimum absolute atomic E-state index is 0.196. The quantitative estimate of drug-likeness (QED) is 0.603. The predicted octanol–water partition coefficient (Wildman–Crippen LogP) is 3.55. The first-order valence-electron chi connectivity index (χ1n) is 10.2. The second-order valence-corrected chi connectivity index (χ2v) is 7.43. The minimum atomic E-state index is -0.632. The SMILES string of the molecule is CCCNC(=O)[C@@H](C)NC(=O)c1cn(Cc2ccccc2)nc1-c1ccc(C)cc1. The van der Waals surface area contributed by atoms with Crippen LogP contribution in [-0.2, 0) is 11.3 Å². The number of aromatic nitrogens is 2. The van der Waals surface area contributed by atoms with Crippen LogP contribution in [0, 0.1) is 6.92 Å². The standard InChI is InChI=1S/C24H28N4O2/c1-4-14-25-23(29)18(3)26-24(30)21-16-28(15-19-8-6-5-7-9-19)27-22(21)20-12-10-17(2)11-13-20/h5-13,16,18H,4,14-15H2,1-3H3,(H,25,29)(H,26,30)/t18-/m1/s1. The first-order chi connectivity index (χ1) is 14.5. The van der Waals surface area contributed by atoms with Crippen LogP contribution in [0.5, 0.6) is 0 Å². The van der Waals surface area contributed by atoms with Crippen molar-refractivity contribution in [3.8, 4) is 11.3 Å². The molecule has 2 amide bonds. The van der Waals surface area contributed by atoms with E-state index < -0.39 is 6.04 Å². The number of aryl methyl sites for hydroxylation is 1. The molecule has 0 spiro atoms. The van der Waals surface area contributed by atoms with Crippen molar-refractivity contribution >= 4 is 11.8 Å². The van der Waals surface area contributed by atoms with Gasteiger partial charge in [-0.3, -0.25) is 14.3 Å². The van der Waals surface area contributed by atoms with E-state index in [1.807, 2.05) is 68.4 Å². The number of amides is 2. The highest BCUT2D eigenvalue weighted by atomic mass is 16.2. The summed E-state index contributed by atoms with van der Waals surface area (Å²) in [7, 11) is 0. The largest absolute Gasteiger partial charge is 0.354 e. The highest BCUT2D eigenvalue weighted by Gasteiger charge is 2.22. The second-order valence-electron chi connectivity index (χ2n) is 7.43. The van der Waals surface area contributed by atoms with E-state index in [0.717, 1.165) is 23.1 Å². The first kappa shape index (κ1) is 21.3. The molecular formula is C24H28N4O2. The first-order valence-corrected chi connectivity index (χ1v) is 10.2. The molecule has 0 aliphatic carbocycles. The van der Waals surface area contributed by atoms with E-state index in [2.05, 4.69) is 15.7 Å². The molecule has 2 N–H and O–H groups in total. The molecule has 6 heteroatoms. The third-order valence-electron chi connectivity index (χ3n) is 4.81. The van der Waals surface area contributed by atoms with Gasteiger partial charge in [-0.15, -0.1) is 0 Å². The maximum atomic E-state index is 13.0. The lowest BCUT2D eigenvalue weighted by Gasteiger charge is -2.13.